The molecule has 32 heavy (non-hydrogen) atoms. The summed E-state index contributed by atoms with van der Waals surface area (Å²) in [6.07, 6.45) is 12.2. The molecule has 0 aliphatic rings. The van der Waals surface area contributed by atoms with Crippen molar-refractivity contribution in [3.05, 3.63) is 63.1 Å². The van der Waals surface area contributed by atoms with Crippen LogP contribution in [0, 0.1) is 0 Å². The molecule has 2 heterocycles. The Labute approximate surface area is 190 Å². The highest BCUT2D eigenvalue weighted by Crippen LogP contribution is 2.10. The summed E-state index contributed by atoms with van der Waals surface area (Å²) in [5, 5.41) is 3.51. The molecule has 0 aliphatic carbocycles. The summed E-state index contributed by atoms with van der Waals surface area (Å²) in [5.74, 6) is 0. The number of hydrogen-bond donors (Lipinski definition) is 1. The first-order chi connectivity index (χ1) is 15.6. The van der Waals surface area contributed by atoms with E-state index in [-0.39, 0.29) is 11.2 Å². The van der Waals surface area contributed by atoms with E-state index in [1.807, 2.05) is 0 Å². The Morgan fingerprint density at radius 1 is 0.844 bits per heavy atom. The fourth-order valence-electron chi connectivity index (χ4n) is 4.18. The van der Waals surface area contributed by atoms with Crippen molar-refractivity contribution in [2.24, 2.45) is 14.1 Å². The molecule has 0 atom stereocenters. The fourth-order valence-corrected chi connectivity index (χ4v) is 4.18. The maximum absolute atomic E-state index is 12.7. The van der Waals surface area contributed by atoms with Gasteiger partial charge in [-0.05, 0) is 24.9 Å². The third kappa shape index (κ3) is 6.42. The monoisotopic (exact) mass is 439 g/mol. The molecule has 174 valence electrons. The smallest absolute Gasteiger partial charge is 0.328 e. The van der Waals surface area contributed by atoms with Gasteiger partial charge in [0.1, 0.15) is 0 Å². The number of benzene rings is 1. The Bertz CT molecular complexity index is 1080. The normalized spacial score (nSPS) is 11.4. The van der Waals surface area contributed by atoms with Crippen LogP contribution in [-0.4, -0.2) is 25.2 Å². The summed E-state index contributed by atoms with van der Waals surface area (Å²) >= 11 is 0. The summed E-state index contributed by atoms with van der Waals surface area (Å²) in [4.78, 5) is 29.3. The van der Waals surface area contributed by atoms with Crippen molar-refractivity contribution >= 4 is 11.2 Å². The molecule has 0 unspecified atom stereocenters. The highest BCUT2D eigenvalue weighted by Gasteiger charge is 2.14. The Morgan fingerprint density at radius 2 is 1.47 bits per heavy atom. The van der Waals surface area contributed by atoms with E-state index in [1.54, 1.807) is 25.0 Å². The molecule has 0 spiro atoms. The molecule has 7 heteroatoms. The van der Waals surface area contributed by atoms with Gasteiger partial charge in [0.2, 0.25) is 0 Å². The summed E-state index contributed by atoms with van der Waals surface area (Å²) in [6.45, 7) is 2.51. The lowest BCUT2D eigenvalue weighted by Gasteiger charge is -2.08. The standard InChI is InChI=1S/C25H37N5O2/c1-28-20-27-23-22(28)24(31)30(25(32)29(23)2)18-14-9-7-5-3-4-6-8-13-17-26-19-21-15-11-10-12-16-21/h10-12,15-16,20,26H,3-9,13-14,17-19H2,1-2H3. The van der Waals surface area contributed by atoms with Gasteiger partial charge in [-0.3, -0.25) is 13.9 Å². The molecule has 7 nitrogen and oxygen atoms in total. The molecule has 0 saturated carbocycles. The van der Waals surface area contributed by atoms with Crippen LogP contribution in [0.5, 0.6) is 0 Å². The summed E-state index contributed by atoms with van der Waals surface area (Å²) < 4.78 is 4.51. The molecule has 1 N–H and O–H groups in total. The second-order valence-corrected chi connectivity index (χ2v) is 8.67. The minimum atomic E-state index is -0.278. The van der Waals surface area contributed by atoms with Gasteiger partial charge in [0, 0.05) is 27.2 Å². The minimum Gasteiger partial charge on any atom is -0.328 e. The minimum absolute atomic E-state index is 0.235. The topological polar surface area (TPSA) is 73.8 Å². The fraction of sp³-hybridized carbons (Fsp3) is 0.560. The second-order valence-electron chi connectivity index (χ2n) is 8.67. The lowest BCUT2D eigenvalue weighted by atomic mass is 10.1. The number of aryl methyl sites for hydroxylation is 2. The Hall–Kier alpha value is -2.67. The third-order valence-corrected chi connectivity index (χ3v) is 6.11. The van der Waals surface area contributed by atoms with E-state index in [4.69, 9.17) is 0 Å². The van der Waals surface area contributed by atoms with Gasteiger partial charge < -0.3 is 9.88 Å². The van der Waals surface area contributed by atoms with Crippen molar-refractivity contribution in [3.63, 3.8) is 0 Å². The van der Waals surface area contributed by atoms with E-state index in [1.165, 1.54) is 53.2 Å². The highest BCUT2D eigenvalue weighted by atomic mass is 16.2. The number of imidazole rings is 1. The first-order valence-electron chi connectivity index (χ1n) is 11.9. The summed E-state index contributed by atoms with van der Waals surface area (Å²) in [5.41, 5.74) is 1.77. The van der Waals surface area contributed by atoms with Crippen molar-refractivity contribution < 1.29 is 0 Å². The van der Waals surface area contributed by atoms with Gasteiger partial charge in [0.05, 0.1) is 6.33 Å². The molecule has 0 saturated heterocycles. The van der Waals surface area contributed by atoms with Crippen LogP contribution < -0.4 is 16.6 Å². The lowest BCUT2D eigenvalue weighted by molar-refractivity contribution is 0.513. The van der Waals surface area contributed by atoms with Gasteiger partial charge >= 0.3 is 5.69 Å². The molecular weight excluding hydrogens is 402 g/mol. The van der Waals surface area contributed by atoms with Gasteiger partial charge in [0.15, 0.2) is 11.2 Å². The number of nitrogens with one attached hydrogen (secondary N) is 1. The van der Waals surface area contributed by atoms with E-state index in [0.29, 0.717) is 17.7 Å². The number of rotatable bonds is 14. The van der Waals surface area contributed by atoms with Crippen molar-refractivity contribution in [3.8, 4) is 0 Å². The van der Waals surface area contributed by atoms with Crippen LogP contribution in [-0.2, 0) is 27.2 Å². The molecular formula is C25H37N5O2. The Morgan fingerprint density at radius 3 is 2.16 bits per heavy atom. The van der Waals surface area contributed by atoms with E-state index in [2.05, 4.69) is 40.6 Å². The van der Waals surface area contributed by atoms with Gasteiger partial charge in [0.25, 0.3) is 5.56 Å². The summed E-state index contributed by atoms with van der Waals surface area (Å²) in [6, 6.07) is 10.5. The first kappa shape index (κ1) is 24.0. The summed E-state index contributed by atoms with van der Waals surface area (Å²) in [7, 11) is 3.46. The maximum Gasteiger partial charge on any atom is 0.332 e. The van der Waals surface area contributed by atoms with Crippen LogP contribution in [0.3, 0.4) is 0 Å². The number of hydrogen-bond acceptors (Lipinski definition) is 4. The molecule has 3 aromatic rings. The highest BCUT2D eigenvalue weighted by molar-refractivity contribution is 5.69. The Kier molecular flexibility index (Phi) is 9.28. The molecule has 0 aliphatic heterocycles. The van der Waals surface area contributed by atoms with E-state index in [9.17, 15) is 9.59 Å². The van der Waals surface area contributed by atoms with Gasteiger partial charge in [-0.15, -0.1) is 0 Å². The SMILES string of the molecule is Cn1cnc2c1c(=O)n(CCCCCCCCCCCNCc1ccccc1)c(=O)n2C. The van der Waals surface area contributed by atoms with E-state index >= 15 is 0 Å². The van der Waals surface area contributed by atoms with Crippen LogP contribution in [0.1, 0.15) is 63.4 Å². The van der Waals surface area contributed by atoms with Crippen molar-refractivity contribution in [2.45, 2.75) is 70.9 Å². The van der Waals surface area contributed by atoms with Crippen LogP contribution in [0.15, 0.2) is 46.2 Å². The molecule has 0 fully saturated rings. The lowest BCUT2D eigenvalue weighted by Crippen LogP contribution is -2.39. The average molecular weight is 440 g/mol. The van der Waals surface area contributed by atoms with Gasteiger partial charge in [-0.2, -0.15) is 0 Å². The van der Waals surface area contributed by atoms with Crippen LogP contribution >= 0.6 is 0 Å². The zero-order valence-corrected chi connectivity index (χ0v) is 19.6. The quantitative estimate of drug-likeness (QED) is 0.389. The maximum atomic E-state index is 12.7. The van der Waals surface area contributed by atoms with Crippen LogP contribution in [0.25, 0.3) is 11.2 Å². The van der Waals surface area contributed by atoms with Crippen molar-refractivity contribution in [1.82, 2.24) is 24.0 Å². The van der Waals surface area contributed by atoms with Gasteiger partial charge in [-0.1, -0.05) is 75.3 Å². The molecule has 0 radical (unpaired) electrons. The van der Waals surface area contributed by atoms with E-state index in [0.717, 1.165) is 32.4 Å². The molecule has 0 bridgehead atoms. The predicted octanol–water partition coefficient (Wildman–Crippen LogP) is 3.73. The molecule has 1 aromatic carbocycles. The van der Waals surface area contributed by atoms with Crippen LogP contribution in [0.2, 0.25) is 0 Å². The number of aromatic nitrogens is 4. The van der Waals surface area contributed by atoms with Crippen LogP contribution in [0.4, 0.5) is 0 Å². The zero-order chi connectivity index (χ0) is 22.8. The Balaban J connectivity index is 1.23. The second kappa shape index (κ2) is 12.4. The number of fused-ring (bicyclic) bond motifs is 1. The van der Waals surface area contributed by atoms with Crippen molar-refractivity contribution in [2.75, 3.05) is 6.54 Å². The van der Waals surface area contributed by atoms with Crippen molar-refractivity contribution in [1.29, 1.82) is 0 Å². The first-order valence-corrected chi connectivity index (χ1v) is 11.9. The average Bonchev–Trinajstić information content (AvgIpc) is 3.19. The molecule has 2 aromatic heterocycles. The largest absolute Gasteiger partial charge is 0.332 e. The van der Waals surface area contributed by atoms with Gasteiger partial charge in [-0.25, -0.2) is 9.78 Å². The molecule has 3 rings (SSSR count). The zero-order valence-electron chi connectivity index (χ0n) is 19.6. The third-order valence-electron chi connectivity index (χ3n) is 6.11. The van der Waals surface area contributed by atoms with E-state index < -0.39 is 0 Å². The number of unbranched alkanes of at least 4 members (excludes halogenated alkanes) is 8. The molecule has 0 amide bonds. The number of nitrogens with zero attached hydrogens (tertiary/aromatic N) is 4. The predicted molar refractivity (Wildman–Crippen MR) is 130 cm³/mol.